The van der Waals surface area contributed by atoms with Crippen LogP contribution in [0.3, 0.4) is 0 Å². The van der Waals surface area contributed by atoms with Crippen molar-refractivity contribution in [2.75, 3.05) is 9.91 Å². The Labute approximate surface area is 105 Å². The Morgan fingerprint density at radius 2 is 1.67 bits per heavy atom. The summed E-state index contributed by atoms with van der Waals surface area (Å²) in [6, 6.07) is 16.8. The van der Waals surface area contributed by atoms with Crippen molar-refractivity contribution in [3.8, 4) is 5.75 Å². The van der Waals surface area contributed by atoms with E-state index in [-0.39, 0.29) is 5.75 Å². The molecule has 0 fully saturated rings. The molecular formula is C14H11N3O. The number of hydrogen-bond acceptors (Lipinski definition) is 4. The summed E-state index contributed by atoms with van der Waals surface area (Å²) in [6.07, 6.45) is 1.61. The van der Waals surface area contributed by atoms with Crippen LogP contribution in [-0.4, -0.2) is 11.4 Å². The maximum absolute atomic E-state index is 9.77. The first-order chi connectivity index (χ1) is 8.84. The maximum atomic E-state index is 9.77. The van der Waals surface area contributed by atoms with Gasteiger partial charge in [-0.1, -0.05) is 30.3 Å². The first-order valence-corrected chi connectivity index (χ1v) is 5.57. The third-order valence-corrected chi connectivity index (χ3v) is 2.63. The molecule has 0 saturated heterocycles. The summed E-state index contributed by atoms with van der Waals surface area (Å²) >= 11 is 0. The lowest BCUT2D eigenvalue weighted by molar-refractivity contribution is 0.476. The predicted octanol–water partition coefficient (Wildman–Crippen LogP) is 2.66. The highest BCUT2D eigenvalue weighted by atomic mass is 16.3. The van der Waals surface area contributed by atoms with Gasteiger partial charge in [0.05, 0.1) is 11.4 Å². The lowest BCUT2D eigenvalue weighted by Crippen LogP contribution is -2.19. The minimum absolute atomic E-state index is 0.200. The van der Waals surface area contributed by atoms with E-state index in [1.165, 1.54) is 0 Å². The highest BCUT2D eigenvalue weighted by Gasteiger charge is 2.20. The highest BCUT2D eigenvalue weighted by Crippen LogP contribution is 2.30. The van der Waals surface area contributed by atoms with Crippen molar-refractivity contribution in [2.24, 2.45) is 5.10 Å². The summed E-state index contributed by atoms with van der Waals surface area (Å²) in [7, 11) is 0. The fourth-order valence-corrected chi connectivity index (χ4v) is 1.73. The van der Waals surface area contributed by atoms with Gasteiger partial charge < -0.3 is 5.11 Å². The van der Waals surface area contributed by atoms with Gasteiger partial charge in [-0.3, -0.25) is 4.90 Å². The zero-order valence-corrected chi connectivity index (χ0v) is 9.56. The van der Waals surface area contributed by atoms with Crippen LogP contribution in [0, 0.1) is 6.67 Å². The summed E-state index contributed by atoms with van der Waals surface area (Å²) in [6.45, 7) is 3.05. The molecule has 1 N–H and O–H groups in total. The molecule has 4 heteroatoms. The molecule has 88 valence electrons. The van der Waals surface area contributed by atoms with Gasteiger partial charge in [-0.2, -0.15) is 5.10 Å². The van der Waals surface area contributed by atoms with Gasteiger partial charge in [0.25, 0.3) is 0 Å². The van der Waals surface area contributed by atoms with Crippen molar-refractivity contribution in [1.82, 2.24) is 0 Å². The van der Waals surface area contributed by atoms with Gasteiger partial charge in [-0.15, -0.1) is 0 Å². The Bertz CT molecular complexity index is 568. The van der Waals surface area contributed by atoms with E-state index in [1.54, 1.807) is 28.4 Å². The number of para-hydroxylation sites is 3. The van der Waals surface area contributed by atoms with E-state index in [0.717, 1.165) is 5.69 Å². The lowest BCUT2D eigenvalue weighted by Gasteiger charge is -2.17. The van der Waals surface area contributed by atoms with Crippen LogP contribution in [0.1, 0.15) is 0 Å². The number of hydrazone groups is 1. The van der Waals surface area contributed by atoms with Crippen LogP contribution in [0.2, 0.25) is 0 Å². The Kier molecular flexibility index (Phi) is 2.61. The van der Waals surface area contributed by atoms with Gasteiger partial charge in [0, 0.05) is 0 Å². The number of rotatable bonds is 2. The normalized spacial score (nSPS) is 14.2. The number of phenolic OH excluding ortho intramolecular Hbond substituents is 1. The molecule has 4 nitrogen and oxygen atoms in total. The number of aromatic hydroxyl groups is 1. The van der Waals surface area contributed by atoms with E-state index in [2.05, 4.69) is 11.8 Å². The molecule has 0 bridgehead atoms. The molecule has 2 radical (unpaired) electrons. The maximum Gasteiger partial charge on any atom is 0.237 e. The average molecular weight is 237 g/mol. The molecule has 0 aliphatic carbocycles. The molecule has 0 spiro atoms. The number of nitrogens with zero attached hydrogens (tertiary/aromatic N) is 3. The van der Waals surface area contributed by atoms with Crippen LogP contribution in [-0.2, 0) is 0 Å². The SMILES string of the molecule is Oc1ccccc1N1[C]N(c2ccccc2)N=C1. The minimum atomic E-state index is 0.200. The quantitative estimate of drug-likeness (QED) is 0.872. The molecule has 3 rings (SSSR count). The zero-order valence-electron chi connectivity index (χ0n) is 9.56. The predicted molar refractivity (Wildman–Crippen MR) is 71.2 cm³/mol. The van der Waals surface area contributed by atoms with Crippen molar-refractivity contribution in [2.45, 2.75) is 0 Å². The van der Waals surface area contributed by atoms with Crippen molar-refractivity contribution in [3.05, 3.63) is 61.3 Å². The second-order valence-corrected chi connectivity index (χ2v) is 3.84. The van der Waals surface area contributed by atoms with Gasteiger partial charge in [0.15, 0.2) is 0 Å². The van der Waals surface area contributed by atoms with Crippen molar-refractivity contribution >= 4 is 17.7 Å². The number of hydrogen-bond donors (Lipinski definition) is 1. The number of phenols is 1. The van der Waals surface area contributed by atoms with Gasteiger partial charge in [-0.25, -0.2) is 5.01 Å². The van der Waals surface area contributed by atoms with Crippen molar-refractivity contribution in [1.29, 1.82) is 0 Å². The molecule has 0 aromatic heterocycles. The van der Waals surface area contributed by atoms with Crippen LogP contribution in [0.5, 0.6) is 5.75 Å². The van der Waals surface area contributed by atoms with Gasteiger partial charge in [-0.05, 0) is 24.3 Å². The molecule has 0 saturated carbocycles. The zero-order chi connectivity index (χ0) is 12.4. The van der Waals surface area contributed by atoms with Crippen molar-refractivity contribution < 1.29 is 5.11 Å². The van der Waals surface area contributed by atoms with Crippen LogP contribution in [0.15, 0.2) is 59.7 Å². The first-order valence-electron chi connectivity index (χ1n) is 5.57. The van der Waals surface area contributed by atoms with Gasteiger partial charge >= 0.3 is 0 Å². The van der Waals surface area contributed by atoms with E-state index in [4.69, 9.17) is 0 Å². The summed E-state index contributed by atoms with van der Waals surface area (Å²) in [4.78, 5) is 1.66. The van der Waals surface area contributed by atoms with E-state index in [9.17, 15) is 5.11 Å². The third-order valence-electron chi connectivity index (χ3n) is 2.63. The Hall–Kier alpha value is -2.49. The summed E-state index contributed by atoms with van der Waals surface area (Å²) in [5, 5.41) is 15.6. The number of anilines is 2. The van der Waals surface area contributed by atoms with Crippen LogP contribution in [0.4, 0.5) is 11.4 Å². The Morgan fingerprint density at radius 3 is 2.44 bits per heavy atom. The molecule has 0 atom stereocenters. The topological polar surface area (TPSA) is 39.1 Å². The van der Waals surface area contributed by atoms with Gasteiger partial charge in [0.1, 0.15) is 12.1 Å². The third kappa shape index (κ3) is 1.88. The molecule has 18 heavy (non-hydrogen) atoms. The summed E-state index contributed by atoms with van der Waals surface area (Å²) in [5.74, 6) is 0.200. The Balaban J connectivity index is 1.81. The summed E-state index contributed by atoms with van der Waals surface area (Å²) < 4.78 is 0. The molecule has 2 aromatic carbocycles. The fraction of sp³-hybridized carbons (Fsp3) is 0. The minimum Gasteiger partial charge on any atom is -0.506 e. The van der Waals surface area contributed by atoms with Crippen LogP contribution >= 0.6 is 0 Å². The van der Waals surface area contributed by atoms with E-state index in [1.807, 2.05) is 42.5 Å². The van der Waals surface area contributed by atoms with Crippen molar-refractivity contribution in [3.63, 3.8) is 0 Å². The largest absolute Gasteiger partial charge is 0.506 e. The lowest BCUT2D eigenvalue weighted by atomic mass is 10.3. The Morgan fingerprint density at radius 1 is 0.944 bits per heavy atom. The van der Waals surface area contributed by atoms with Gasteiger partial charge in [0.2, 0.25) is 6.67 Å². The molecule has 2 aromatic rings. The highest BCUT2D eigenvalue weighted by molar-refractivity contribution is 5.87. The second-order valence-electron chi connectivity index (χ2n) is 3.84. The monoisotopic (exact) mass is 237 g/mol. The standard InChI is InChI=1S/C14H11N3O/c18-14-9-5-4-8-13(14)16-10-15-17(11-16)12-6-2-1-3-7-12/h1-10,18H. The molecule has 1 heterocycles. The molecule has 0 unspecified atom stereocenters. The fourth-order valence-electron chi connectivity index (χ4n) is 1.73. The smallest absolute Gasteiger partial charge is 0.237 e. The number of benzene rings is 2. The van der Waals surface area contributed by atoms with E-state index < -0.39 is 0 Å². The van der Waals surface area contributed by atoms with Crippen LogP contribution < -0.4 is 9.91 Å². The first kappa shape index (κ1) is 10.7. The second kappa shape index (κ2) is 4.41. The van der Waals surface area contributed by atoms with E-state index in [0.29, 0.717) is 5.69 Å². The van der Waals surface area contributed by atoms with Crippen LogP contribution in [0.25, 0.3) is 0 Å². The molecule has 1 aliphatic rings. The summed E-state index contributed by atoms with van der Waals surface area (Å²) in [5.41, 5.74) is 1.58. The average Bonchev–Trinajstić information content (AvgIpc) is 2.90. The molecule has 1 aliphatic heterocycles. The molecule has 0 amide bonds. The molecular weight excluding hydrogens is 226 g/mol. The van der Waals surface area contributed by atoms with E-state index >= 15 is 0 Å².